The molecule has 0 aliphatic rings. The summed E-state index contributed by atoms with van der Waals surface area (Å²) in [5.41, 5.74) is 0.497. The Balaban J connectivity index is 2.32. The second-order valence-corrected chi connectivity index (χ2v) is 7.05. The molecule has 26 heavy (non-hydrogen) atoms. The molecule has 1 amide bonds. The van der Waals surface area contributed by atoms with Gasteiger partial charge in [0.25, 0.3) is 0 Å². The van der Waals surface area contributed by atoms with E-state index in [2.05, 4.69) is 29.0 Å². The van der Waals surface area contributed by atoms with Gasteiger partial charge in [-0.2, -0.15) is 0 Å². The van der Waals surface area contributed by atoms with Gasteiger partial charge in [-0.05, 0) is 39.9 Å². The summed E-state index contributed by atoms with van der Waals surface area (Å²) < 4.78 is 6.93. The van der Waals surface area contributed by atoms with Crippen molar-refractivity contribution in [1.29, 1.82) is 0 Å². The lowest BCUT2D eigenvalue weighted by atomic mass is 10.2. The molecule has 2 aromatic rings. The molecule has 0 aliphatic heterocycles. The van der Waals surface area contributed by atoms with Crippen LogP contribution in [-0.2, 0) is 11.3 Å². The number of azo groups is 1. The number of carbonyl (C=O) groups excluding carboxylic acids is 1. The Bertz CT molecular complexity index is 786. The maximum Gasteiger partial charge on any atom is 0.452 e. The van der Waals surface area contributed by atoms with Crippen LogP contribution in [0.15, 0.2) is 34.5 Å². The monoisotopic (exact) mass is 360 g/mol. The molecule has 0 aliphatic carbocycles. The largest absolute Gasteiger partial charge is 0.493 e. The third-order valence-electron chi connectivity index (χ3n) is 4.08. The van der Waals surface area contributed by atoms with E-state index in [-0.39, 0.29) is 11.6 Å². The van der Waals surface area contributed by atoms with E-state index in [1.165, 1.54) is 0 Å². The van der Waals surface area contributed by atoms with Gasteiger partial charge < -0.3 is 19.3 Å². The van der Waals surface area contributed by atoms with Gasteiger partial charge in [-0.1, -0.05) is 37.2 Å². The lowest BCUT2D eigenvalue weighted by Gasteiger charge is -2.18. The van der Waals surface area contributed by atoms with E-state index in [4.69, 9.17) is 4.74 Å². The van der Waals surface area contributed by atoms with Gasteiger partial charge in [0, 0.05) is 18.5 Å². The number of hydrogen-bond donors (Lipinski definition) is 1. The smallest absolute Gasteiger partial charge is 0.452 e. The molecule has 1 N–H and O–H groups in total. The van der Waals surface area contributed by atoms with E-state index in [1.807, 2.05) is 24.3 Å². The third-order valence-corrected chi connectivity index (χ3v) is 4.08. The van der Waals surface area contributed by atoms with E-state index in [1.54, 1.807) is 25.3 Å². The molecule has 7 nitrogen and oxygen atoms in total. The number of benzene rings is 1. The van der Waals surface area contributed by atoms with Gasteiger partial charge in [0.2, 0.25) is 5.88 Å². The van der Waals surface area contributed by atoms with Crippen LogP contribution in [0.25, 0.3) is 10.9 Å². The molecule has 0 spiro atoms. The summed E-state index contributed by atoms with van der Waals surface area (Å²) in [7, 11) is 0. The topological polar surface area (TPSA) is 79.4 Å². The van der Waals surface area contributed by atoms with Crippen LogP contribution in [0.4, 0.5) is 10.5 Å². The molecule has 7 heteroatoms. The predicted molar refractivity (Wildman–Crippen MR) is 102 cm³/mol. The number of likely N-dealkylation sites (N-methyl/N-ethyl adjacent to an activating group) is 1. The zero-order chi connectivity index (χ0) is 19.3. The first-order valence-corrected chi connectivity index (χ1v) is 8.94. The Kier molecular flexibility index (Phi) is 6.37. The van der Waals surface area contributed by atoms with Crippen molar-refractivity contribution in [1.82, 2.24) is 9.47 Å². The zero-order valence-electron chi connectivity index (χ0n) is 16.2. The predicted octanol–water partition coefficient (Wildman–Crippen LogP) is 4.71. The van der Waals surface area contributed by atoms with E-state index >= 15 is 0 Å². The number of nitrogens with zero attached hydrogens (tertiary/aromatic N) is 4. The maximum atomic E-state index is 11.8. The van der Waals surface area contributed by atoms with Crippen molar-refractivity contribution in [3.05, 3.63) is 24.3 Å². The van der Waals surface area contributed by atoms with Gasteiger partial charge in [0.15, 0.2) is 5.69 Å². The number of carbonyl (C=O) groups is 1. The Morgan fingerprint density at radius 2 is 1.88 bits per heavy atom. The first kappa shape index (κ1) is 19.9. The number of aromatic nitrogens is 1. The molecule has 0 saturated carbocycles. The number of rotatable bonds is 6. The molecule has 1 heterocycles. The average Bonchev–Trinajstić information content (AvgIpc) is 2.84. The summed E-state index contributed by atoms with van der Waals surface area (Å²) in [5, 5.41) is 19.0. The highest BCUT2D eigenvalue weighted by molar-refractivity contribution is 5.95. The fourth-order valence-electron chi connectivity index (χ4n) is 2.75. The number of para-hydroxylation sites is 1. The summed E-state index contributed by atoms with van der Waals surface area (Å²) in [6.07, 6.45) is -0.781. The molecule has 0 unspecified atom stereocenters. The van der Waals surface area contributed by atoms with Gasteiger partial charge >= 0.3 is 6.09 Å². The SMILES string of the molecule is CCN(CC)CCn1c(O)c(N=NC(=O)OC(C)(C)C)c2ccccc21. The molecule has 142 valence electrons. The fraction of sp³-hybridized carbons (Fsp3) is 0.526. The highest BCUT2D eigenvalue weighted by atomic mass is 16.6. The van der Waals surface area contributed by atoms with Gasteiger partial charge in [0.1, 0.15) is 5.60 Å². The van der Waals surface area contributed by atoms with Crippen LogP contribution >= 0.6 is 0 Å². The normalized spacial score (nSPS) is 12.4. The molecule has 0 fully saturated rings. The summed E-state index contributed by atoms with van der Waals surface area (Å²) in [6, 6.07) is 7.55. The molecule has 0 radical (unpaired) electrons. The number of ether oxygens (including phenoxy) is 1. The van der Waals surface area contributed by atoms with Crippen molar-refractivity contribution >= 4 is 22.7 Å². The van der Waals surface area contributed by atoms with Crippen LogP contribution in [0, 0.1) is 0 Å². The summed E-state index contributed by atoms with van der Waals surface area (Å²) in [6.45, 7) is 12.8. The molecule has 0 saturated heterocycles. The van der Waals surface area contributed by atoms with Gasteiger partial charge in [-0.25, -0.2) is 4.79 Å². The van der Waals surface area contributed by atoms with Crippen LogP contribution in [-0.4, -0.2) is 45.9 Å². The molecule has 1 aromatic carbocycles. The zero-order valence-corrected chi connectivity index (χ0v) is 16.2. The van der Waals surface area contributed by atoms with E-state index in [0.717, 1.165) is 30.5 Å². The van der Waals surface area contributed by atoms with Crippen LogP contribution in [0.1, 0.15) is 34.6 Å². The summed E-state index contributed by atoms with van der Waals surface area (Å²) in [4.78, 5) is 14.1. The van der Waals surface area contributed by atoms with E-state index in [0.29, 0.717) is 6.54 Å². The van der Waals surface area contributed by atoms with Crippen molar-refractivity contribution in [3.8, 4) is 5.88 Å². The minimum absolute atomic E-state index is 0.00525. The number of fused-ring (bicyclic) bond motifs is 1. The third kappa shape index (κ3) is 4.82. The van der Waals surface area contributed by atoms with Crippen molar-refractivity contribution in [2.45, 2.75) is 46.8 Å². The summed E-state index contributed by atoms with van der Waals surface area (Å²) in [5.74, 6) is 0.00525. The van der Waals surface area contributed by atoms with Crippen LogP contribution < -0.4 is 0 Å². The molecular weight excluding hydrogens is 332 g/mol. The van der Waals surface area contributed by atoms with E-state index < -0.39 is 11.7 Å². The Morgan fingerprint density at radius 1 is 1.23 bits per heavy atom. The Hall–Kier alpha value is -2.41. The standard InChI is InChI=1S/C19H28N4O3/c1-6-22(7-2)12-13-23-15-11-9-8-10-14(15)16(17(23)24)20-21-18(25)26-19(3,4)5/h8-11,24H,6-7,12-13H2,1-5H3. The van der Waals surface area contributed by atoms with Gasteiger partial charge in [-0.3, -0.25) is 0 Å². The quantitative estimate of drug-likeness (QED) is 0.757. The minimum Gasteiger partial charge on any atom is -0.493 e. The Morgan fingerprint density at radius 3 is 2.50 bits per heavy atom. The van der Waals surface area contributed by atoms with Crippen LogP contribution in [0.3, 0.4) is 0 Å². The lowest BCUT2D eigenvalue weighted by Crippen LogP contribution is -2.26. The fourth-order valence-corrected chi connectivity index (χ4v) is 2.75. The Labute approximate surface area is 154 Å². The van der Waals surface area contributed by atoms with Crippen molar-refractivity contribution in [2.75, 3.05) is 19.6 Å². The highest BCUT2D eigenvalue weighted by Crippen LogP contribution is 2.38. The van der Waals surface area contributed by atoms with Gasteiger partial charge in [0.05, 0.1) is 5.52 Å². The molecule has 2 rings (SSSR count). The second kappa shape index (κ2) is 8.31. The highest BCUT2D eigenvalue weighted by Gasteiger charge is 2.19. The number of aromatic hydroxyl groups is 1. The molecular formula is C19H28N4O3. The molecule has 1 aromatic heterocycles. The van der Waals surface area contributed by atoms with Crippen molar-refractivity contribution in [2.24, 2.45) is 10.2 Å². The second-order valence-electron chi connectivity index (χ2n) is 7.05. The first-order chi connectivity index (χ1) is 12.3. The lowest BCUT2D eigenvalue weighted by molar-refractivity contribution is 0.0592. The van der Waals surface area contributed by atoms with Crippen LogP contribution in [0.2, 0.25) is 0 Å². The van der Waals surface area contributed by atoms with Crippen LogP contribution in [0.5, 0.6) is 5.88 Å². The van der Waals surface area contributed by atoms with Crippen molar-refractivity contribution in [3.63, 3.8) is 0 Å². The van der Waals surface area contributed by atoms with Crippen molar-refractivity contribution < 1.29 is 14.6 Å². The average molecular weight is 360 g/mol. The first-order valence-electron chi connectivity index (χ1n) is 8.94. The van der Waals surface area contributed by atoms with Gasteiger partial charge in [-0.15, -0.1) is 5.11 Å². The van der Waals surface area contributed by atoms with E-state index in [9.17, 15) is 9.90 Å². The minimum atomic E-state index is -0.781. The number of hydrogen-bond acceptors (Lipinski definition) is 5. The summed E-state index contributed by atoms with van der Waals surface area (Å²) >= 11 is 0. The molecule has 0 atom stereocenters. The maximum absolute atomic E-state index is 11.8. The number of amides is 1. The molecule has 0 bridgehead atoms.